The molecule has 0 radical (unpaired) electrons. The highest BCUT2D eigenvalue weighted by Crippen LogP contribution is 2.26. The van der Waals surface area contributed by atoms with Gasteiger partial charge in [-0.05, 0) is 31.9 Å². The molecule has 0 saturated carbocycles. The fraction of sp³-hybridized carbons (Fsp3) is 0.571. The number of hydrogen-bond acceptors (Lipinski definition) is 3. The molecule has 1 aromatic carbocycles. The van der Waals surface area contributed by atoms with Crippen LogP contribution in [0.15, 0.2) is 24.3 Å². The van der Waals surface area contributed by atoms with Gasteiger partial charge in [0.1, 0.15) is 0 Å². The van der Waals surface area contributed by atoms with E-state index in [0.29, 0.717) is 6.10 Å². The van der Waals surface area contributed by atoms with Crippen LogP contribution < -0.4 is 10.6 Å². The van der Waals surface area contributed by atoms with Crippen LogP contribution in [0.1, 0.15) is 31.9 Å². The Morgan fingerprint density at radius 1 is 1.41 bits per heavy atom. The third kappa shape index (κ3) is 2.99. The second-order valence-electron chi connectivity index (χ2n) is 4.83. The number of benzene rings is 1. The molecule has 1 saturated heterocycles. The van der Waals surface area contributed by atoms with Crippen molar-refractivity contribution in [1.29, 1.82) is 0 Å². The summed E-state index contributed by atoms with van der Waals surface area (Å²) in [5.41, 5.74) is 8.52. The van der Waals surface area contributed by atoms with E-state index in [0.717, 1.165) is 26.1 Å². The van der Waals surface area contributed by atoms with Gasteiger partial charge in [0.05, 0.1) is 6.10 Å². The zero-order valence-corrected chi connectivity index (χ0v) is 10.7. The summed E-state index contributed by atoms with van der Waals surface area (Å²) in [7, 11) is 0. The van der Waals surface area contributed by atoms with E-state index >= 15 is 0 Å². The topological polar surface area (TPSA) is 38.5 Å². The molecule has 2 atom stereocenters. The minimum absolute atomic E-state index is 0.0747. The molecule has 1 heterocycles. The van der Waals surface area contributed by atoms with Gasteiger partial charge in [-0.3, -0.25) is 0 Å². The van der Waals surface area contributed by atoms with Gasteiger partial charge in [-0.1, -0.05) is 18.2 Å². The fourth-order valence-electron chi connectivity index (χ4n) is 2.37. The summed E-state index contributed by atoms with van der Waals surface area (Å²) in [6.07, 6.45) is 1.37. The molecule has 94 valence electrons. The number of nitrogens with two attached hydrogens (primary N) is 1. The summed E-state index contributed by atoms with van der Waals surface area (Å²) in [5.74, 6) is 0. The van der Waals surface area contributed by atoms with Gasteiger partial charge in [0.25, 0.3) is 0 Å². The van der Waals surface area contributed by atoms with Crippen LogP contribution in [0.4, 0.5) is 5.69 Å². The Bertz CT molecular complexity index is 365. The van der Waals surface area contributed by atoms with E-state index in [1.165, 1.54) is 11.3 Å². The second-order valence-corrected chi connectivity index (χ2v) is 4.83. The van der Waals surface area contributed by atoms with E-state index in [1.807, 2.05) is 6.92 Å². The Kier molecular flexibility index (Phi) is 4.02. The van der Waals surface area contributed by atoms with Gasteiger partial charge in [0, 0.05) is 31.4 Å². The summed E-state index contributed by atoms with van der Waals surface area (Å²) in [4.78, 5) is 2.40. The van der Waals surface area contributed by atoms with Crippen molar-refractivity contribution in [2.75, 3.05) is 24.6 Å². The van der Waals surface area contributed by atoms with Gasteiger partial charge in [0.2, 0.25) is 0 Å². The van der Waals surface area contributed by atoms with Gasteiger partial charge >= 0.3 is 0 Å². The van der Waals surface area contributed by atoms with Gasteiger partial charge in [0.15, 0.2) is 0 Å². The molecule has 1 unspecified atom stereocenters. The number of hydrogen-bond donors (Lipinski definition) is 1. The van der Waals surface area contributed by atoms with Crippen molar-refractivity contribution < 1.29 is 4.74 Å². The van der Waals surface area contributed by atoms with Crippen LogP contribution >= 0.6 is 0 Å². The van der Waals surface area contributed by atoms with Gasteiger partial charge in [-0.15, -0.1) is 0 Å². The summed E-state index contributed by atoms with van der Waals surface area (Å²) < 4.78 is 5.68. The first kappa shape index (κ1) is 12.4. The third-order valence-electron chi connectivity index (χ3n) is 3.22. The third-order valence-corrected chi connectivity index (χ3v) is 3.22. The maximum Gasteiger partial charge on any atom is 0.0721 e. The van der Waals surface area contributed by atoms with Crippen molar-refractivity contribution in [1.82, 2.24) is 0 Å². The molecular weight excluding hydrogens is 212 g/mol. The molecule has 1 fully saturated rings. The first-order valence-corrected chi connectivity index (χ1v) is 6.39. The van der Waals surface area contributed by atoms with Crippen LogP contribution in [0.3, 0.4) is 0 Å². The largest absolute Gasteiger partial charge is 0.377 e. The Balaban J connectivity index is 2.25. The van der Waals surface area contributed by atoms with E-state index in [4.69, 9.17) is 10.5 Å². The van der Waals surface area contributed by atoms with Crippen LogP contribution in [0.5, 0.6) is 0 Å². The SMILES string of the molecule is CC1CN(c2ccccc2[C@@H](C)N)CCCO1. The van der Waals surface area contributed by atoms with Crippen molar-refractivity contribution in [3.05, 3.63) is 29.8 Å². The van der Waals surface area contributed by atoms with Gasteiger partial charge in [-0.2, -0.15) is 0 Å². The Labute approximate surface area is 104 Å². The van der Waals surface area contributed by atoms with Gasteiger partial charge < -0.3 is 15.4 Å². The quantitative estimate of drug-likeness (QED) is 0.853. The number of rotatable bonds is 2. The molecule has 0 bridgehead atoms. The molecule has 17 heavy (non-hydrogen) atoms. The first-order chi connectivity index (χ1) is 8.18. The van der Waals surface area contributed by atoms with Crippen LogP contribution in [0, 0.1) is 0 Å². The summed E-state index contributed by atoms with van der Waals surface area (Å²) in [6.45, 7) is 7.03. The lowest BCUT2D eigenvalue weighted by Gasteiger charge is -2.27. The van der Waals surface area contributed by atoms with Crippen LogP contribution in [0.25, 0.3) is 0 Å². The number of nitrogens with zero attached hydrogens (tertiary/aromatic N) is 1. The zero-order valence-electron chi connectivity index (χ0n) is 10.7. The van der Waals surface area contributed by atoms with Crippen molar-refractivity contribution in [2.24, 2.45) is 5.73 Å². The second kappa shape index (κ2) is 5.52. The summed E-state index contributed by atoms with van der Waals surface area (Å²) >= 11 is 0. The molecule has 1 aliphatic rings. The highest BCUT2D eigenvalue weighted by molar-refractivity contribution is 5.55. The molecule has 3 heteroatoms. The molecule has 0 amide bonds. The molecule has 2 N–H and O–H groups in total. The molecule has 3 nitrogen and oxygen atoms in total. The Hall–Kier alpha value is -1.06. The van der Waals surface area contributed by atoms with Crippen LogP contribution in [-0.4, -0.2) is 25.8 Å². The lowest BCUT2D eigenvalue weighted by atomic mass is 10.1. The average molecular weight is 234 g/mol. The maximum absolute atomic E-state index is 6.04. The Morgan fingerprint density at radius 3 is 2.94 bits per heavy atom. The van der Waals surface area contributed by atoms with Crippen molar-refractivity contribution in [3.8, 4) is 0 Å². The van der Waals surface area contributed by atoms with Gasteiger partial charge in [-0.25, -0.2) is 0 Å². The smallest absolute Gasteiger partial charge is 0.0721 e. The number of anilines is 1. The van der Waals surface area contributed by atoms with E-state index in [2.05, 4.69) is 36.1 Å². The molecule has 0 spiro atoms. The fourth-order valence-corrected chi connectivity index (χ4v) is 2.37. The monoisotopic (exact) mass is 234 g/mol. The minimum Gasteiger partial charge on any atom is -0.377 e. The number of ether oxygens (including phenoxy) is 1. The average Bonchev–Trinajstić information content (AvgIpc) is 2.54. The highest BCUT2D eigenvalue weighted by Gasteiger charge is 2.18. The molecular formula is C14H22N2O. The standard InChI is InChI=1S/C14H22N2O/c1-11-10-16(8-5-9-17-11)14-7-4-3-6-13(14)12(2)15/h3-4,6-7,11-12H,5,8-10,15H2,1-2H3/t11?,12-/m1/s1. The lowest BCUT2D eigenvalue weighted by molar-refractivity contribution is 0.0821. The number of para-hydroxylation sites is 1. The van der Waals surface area contributed by atoms with E-state index in [1.54, 1.807) is 0 Å². The molecule has 1 aliphatic heterocycles. The van der Waals surface area contributed by atoms with Crippen molar-refractivity contribution in [3.63, 3.8) is 0 Å². The minimum atomic E-state index is 0.0747. The lowest BCUT2D eigenvalue weighted by Crippen LogP contribution is -2.31. The predicted octanol–water partition coefficient (Wildman–Crippen LogP) is 2.32. The van der Waals surface area contributed by atoms with Crippen LogP contribution in [-0.2, 0) is 4.74 Å². The normalized spacial score (nSPS) is 23.2. The molecule has 2 rings (SSSR count). The van der Waals surface area contributed by atoms with E-state index in [-0.39, 0.29) is 6.04 Å². The van der Waals surface area contributed by atoms with Crippen LogP contribution in [0.2, 0.25) is 0 Å². The first-order valence-electron chi connectivity index (χ1n) is 6.39. The van der Waals surface area contributed by atoms with E-state index < -0.39 is 0 Å². The molecule has 0 aliphatic carbocycles. The summed E-state index contributed by atoms with van der Waals surface area (Å²) in [5, 5.41) is 0. The molecule has 0 aromatic heterocycles. The van der Waals surface area contributed by atoms with E-state index in [9.17, 15) is 0 Å². The summed E-state index contributed by atoms with van der Waals surface area (Å²) in [6, 6.07) is 8.50. The molecule has 1 aromatic rings. The van der Waals surface area contributed by atoms with Crippen molar-refractivity contribution in [2.45, 2.75) is 32.4 Å². The highest BCUT2D eigenvalue weighted by atomic mass is 16.5. The Morgan fingerprint density at radius 2 is 2.18 bits per heavy atom. The predicted molar refractivity (Wildman–Crippen MR) is 71.3 cm³/mol. The zero-order chi connectivity index (χ0) is 12.3. The van der Waals surface area contributed by atoms with Crippen molar-refractivity contribution >= 4 is 5.69 Å². The maximum atomic E-state index is 6.04.